The molecule has 0 N–H and O–H groups in total. The summed E-state index contributed by atoms with van der Waals surface area (Å²) in [6, 6.07) is 6.42. The van der Waals surface area contributed by atoms with Crippen LogP contribution in [0.15, 0.2) is 24.3 Å². The second kappa shape index (κ2) is 12.5. The van der Waals surface area contributed by atoms with Crippen molar-refractivity contribution in [3.8, 4) is 0 Å². The molecule has 6 heteroatoms. The molecule has 174 valence electrons. The summed E-state index contributed by atoms with van der Waals surface area (Å²) in [4.78, 5) is 53.9. The number of imide groups is 2. The van der Waals surface area contributed by atoms with Crippen LogP contribution in [0.3, 0.4) is 0 Å². The van der Waals surface area contributed by atoms with Crippen LogP contribution < -0.4 is 0 Å². The van der Waals surface area contributed by atoms with Crippen molar-refractivity contribution in [2.45, 2.75) is 89.9 Å². The van der Waals surface area contributed by atoms with Gasteiger partial charge in [-0.3, -0.25) is 29.0 Å². The van der Waals surface area contributed by atoms with Crippen LogP contribution in [0.2, 0.25) is 0 Å². The summed E-state index contributed by atoms with van der Waals surface area (Å²) in [5, 5.41) is 0. The normalized spacial score (nSPS) is 20.0. The topological polar surface area (TPSA) is 74.8 Å². The van der Waals surface area contributed by atoms with Crippen molar-refractivity contribution in [3.05, 3.63) is 35.4 Å². The highest BCUT2D eigenvalue weighted by molar-refractivity contribution is 6.07. The lowest BCUT2D eigenvalue weighted by molar-refractivity contribution is -0.129. The molecular weight excluding hydrogens is 404 g/mol. The number of carbonyl (C=O) groups is 4. The van der Waals surface area contributed by atoms with E-state index in [4.69, 9.17) is 0 Å². The van der Waals surface area contributed by atoms with Gasteiger partial charge in [0.25, 0.3) is 11.8 Å². The Hall–Kier alpha value is -2.50. The van der Waals surface area contributed by atoms with Crippen LogP contribution in [0.4, 0.5) is 0 Å². The lowest BCUT2D eigenvalue weighted by Gasteiger charge is -2.23. The molecule has 2 heterocycles. The van der Waals surface area contributed by atoms with Crippen molar-refractivity contribution in [1.29, 1.82) is 0 Å². The lowest BCUT2D eigenvalue weighted by Crippen LogP contribution is -2.38. The Labute approximate surface area is 191 Å². The Morgan fingerprint density at radius 3 is 1.19 bits per heavy atom. The van der Waals surface area contributed by atoms with Crippen LogP contribution in [0.5, 0.6) is 0 Å². The van der Waals surface area contributed by atoms with Gasteiger partial charge in [-0.25, -0.2) is 0 Å². The van der Waals surface area contributed by atoms with Gasteiger partial charge in [0.2, 0.25) is 11.8 Å². The van der Waals surface area contributed by atoms with Gasteiger partial charge in [0.05, 0.1) is 0 Å². The van der Waals surface area contributed by atoms with E-state index in [0.29, 0.717) is 37.1 Å². The Bertz CT molecular complexity index is 736. The fourth-order valence-electron chi connectivity index (χ4n) is 4.52. The van der Waals surface area contributed by atoms with E-state index in [1.54, 1.807) is 24.3 Å². The SMILES string of the molecule is O=C1CCCCCCCCN1C(=O)c1ccc(C(=O)N2CCCCCCCCC2=O)cc1. The van der Waals surface area contributed by atoms with Gasteiger partial charge < -0.3 is 0 Å². The number of benzene rings is 1. The highest BCUT2D eigenvalue weighted by Crippen LogP contribution is 2.18. The standard InChI is InChI=1S/C26H36N2O4/c29-23-13-9-5-1-3-7-11-19-27(23)25(31)21-15-17-22(18-16-21)26(32)28-20-12-8-4-2-6-10-14-24(28)30/h15-18H,1-14,19-20H2. The van der Waals surface area contributed by atoms with Gasteiger partial charge in [0, 0.05) is 37.1 Å². The van der Waals surface area contributed by atoms with Crippen molar-refractivity contribution in [2.24, 2.45) is 0 Å². The van der Waals surface area contributed by atoms with Crippen LogP contribution in [-0.4, -0.2) is 46.5 Å². The summed E-state index contributed by atoms with van der Waals surface area (Å²) in [7, 11) is 0. The van der Waals surface area contributed by atoms with E-state index in [-0.39, 0.29) is 23.6 Å². The van der Waals surface area contributed by atoms with E-state index in [0.717, 1.165) is 77.0 Å². The Balaban J connectivity index is 1.69. The minimum absolute atomic E-state index is 0.115. The van der Waals surface area contributed by atoms with Crippen molar-refractivity contribution in [1.82, 2.24) is 9.80 Å². The monoisotopic (exact) mass is 440 g/mol. The predicted octanol–water partition coefficient (Wildman–Crippen LogP) is 5.11. The molecule has 0 unspecified atom stereocenters. The lowest BCUT2D eigenvalue weighted by atomic mass is 10.0. The Morgan fingerprint density at radius 2 is 0.812 bits per heavy atom. The van der Waals surface area contributed by atoms with Crippen LogP contribution in [0, 0.1) is 0 Å². The van der Waals surface area contributed by atoms with Gasteiger partial charge in [0.15, 0.2) is 0 Å². The van der Waals surface area contributed by atoms with Crippen LogP contribution in [0.25, 0.3) is 0 Å². The number of carbonyl (C=O) groups excluding carboxylic acids is 4. The van der Waals surface area contributed by atoms with Crippen LogP contribution >= 0.6 is 0 Å². The molecule has 3 rings (SSSR count). The first-order valence-corrected chi connectivity index (χ1v) is 12.4. The quantitative estimate of drug-likeness (QED) is 0.599. The zero-order valence-corrected chi connectivity index (χ0v) is 19.2. The minimum atomic E-state index is -0.301. The molecule has 4 amide bonds. The predicted molar refractivity (Wildman–Crippen MR) is 123 cm³/mol. The average molecular weight is 441 g/mol. The number of rotatable bonds is 2. The molecule has 0 radical (unpaired) electrons. The third kappa shape index (κ3) is 6.75. The molecule has 2 fully saturated rings. The fraction of sp³-hybridized carbons (Fsp3) is 0.615. The highest BCUT2D eigenvalue weighted by atomic mass is 16.2. The molecule has 0 aliphatic carbocycles. The second-order valence-corrected chi connectivity index (χ2v) is 9.02. The number of amides is 4. The molecule has 1 aromatic carbocycles. The molecule has 2 saturated heterocycles. The van der Waals surface area contributed by atoms with Crippen LogP contribution in [-0.2, 0) is 9.59 Å². The van der Waals surface area contributed by atoms with E-state index in [9.17, 15) is 19.2 Å². The molecule has 0 atom stereocenters. The number of hydrogen-bond donors (Lipinski definition) is 0. The van der Waals surface area contributed by atoms with Gasteiger partial charge in [-0.05, 0) is 49.9 Å². The van der Waals surface area contributed by atoms with E-state index in [1.165, 1.54) is 9.80 Å². The van der Waals surface area contributed by atoms with E-state index in [2.05, 4.69) is 0 Å². The molecule has 6 nitrogen and oxygen atoms in total. The summed E-state index contributed by atoms with van der Waals surface area (Å²) in [5.74, 6) is -0.833. The first-order valence-electron chi connectivity index (χ1n) is 12.4. The molecule has 1 aromatic rings. The van der Waals surface area contributed by atoms with E-state index < -0.39 is 0 Å². The average Bonchev–Trinajstić information content (AvgIpc) is 2.81. The summed E-state index contributed by atoms with van der Waals surface area (Å²) >= 11 is 0. The molecular formula is C26H36N2O4. The minimum Gasteiger partial charge on any atom is -0.279 e. The zero-order valence-electron chi connectivity index (χ0n) is 19.2. The first kappa shape index (κ1) is 24.1. The second-order valence-electron chi connectivity index (χ2n) is 9.02. The largest absolute Gasteiger partial charge is 0.279 e. The van der Waals surface area contributed by atoms with Crippen molar-refractivity contribution in [3.63, 3.8) is 0 Å². The van der Waals surface area contributed by atoms with Gasteiger partial charge in [-0.2, -0.15) is 0 Å². The maximum absolute atomic E-state index is 13.0. The highest BCUT2D eigenvalue weighted by Gasteiger charge is 2.25. The molecule has 2 aliphatic rings. The third-order valence-electron chi connectivity index (χ3n) is 6.52. The summed E-state index contributed by atoms with van der Waals surface area (Å²) < 4.78 is 0. The first-order chi connectivity index (χ1) is 15.6. The van der Waals surface area contributed by atoms with Gasteiger partial charge in [-0.15, -0.1) is 0 Å². The maximum Gasteiger partial charge on any atom is 0.260 e. The fourth-order valence-corrected chi connectivity index (χ4v) is 4.52. The van der Waals surface area contributed by atoms with Crippen LogP contribution in [0.1, 0.15) is 111 Å². The van der Waals surface area contributed by atoms with E-state index in [1.807, 2.05) is 0 Å². The van der Waals surface area contributed by atoms with Gasteiger partial charge in [-0.1, -0.05) is 51.4 Å². The third-order valence-corrected chi connectivity index (χ3v) is 6.52. The van der Waals surface area contributed by atoms with Crippen molar-refractivity contribution in [2.75, 3.05) is 13.1 Å². The Kier molecular flexibility index (Phi) is 9.44. The summed E-state index contributed by atoms with van der Waals surface area (Å²) in [6.45, 7) is 0.890. The van der Waals surface area contributed by atoms with Gasteiger partial charge in [0.1, 0.15) is 0 Å². The smallest absolute Gasteiger partial charge is 0.260 e. The number of nitrogens with zero attached hydrogens (tertiary/aromatic N) is 2. The molecule has 0 bridgehead atoms. The van der Waals surface area contributed by atoms with Crippen molar-refractivity contribution >= 4 is 23.6 Å². The summed E-state index contributed by atoms with van der Waals surface area (Å²) in [5.41, 5.74) is 0.804. The van der Waals surface area contributed by atoms with E-state index >= 15 is 0 Å². The van der Waals surface area contributed by atoms with Gasteiger partial charge >= 0.3 is 0 Å². The Morgan fingerprint density at radius 1 is 0.500 bits per heavy atom. The molecule has 0 aromatic heterocycles. The maximum atomic E-state index is 13.0. The zero-order chi connectivity index (χ0) is 22.8. The molecule has 32 heavy (non-hydrogen) atoms. The molecule has 2 aliphatic heterocycles. The summed E-state index contributed by atoms with van der Waals surface area (Å²) in [6.07, 6.45) is 12.8. The van der Waals surface area contributed by atoms with Crippen molar-refractivity contribution < 1.29 is 19.2 Å². The molecule has 0 saturated carbocycles. The number of hydrogen-bond acceptors (Lipinski definition) is 4. The molecule has 0 spiro atoms.